The molecule has 5 nitrogen and oxygen atoms in total. The zero-order chi connectivity index (χ0) is 12.7. The molecule has 5 heteroatoms. The van der Waals surface area contributed by atoms with Gasteiger partial charge in [0, 0.05) is 24.8 Å². The van der Waals surface area contributed by atoms with Crippen LogP contribution in [0.2, 0.25) is 0 Å². The first kappa shape index (κ1) is 11.5. The fourth-order valence-corrected chi connectivity index (χ4v) is 2.88. The summed E-state index contributed by atoms with van der Waals surface area (Å²) < 4.78 is 4.09. The molecule has 0 spiro atoms. The normalized spacial score (nSPS) is 14.8. The Morgan fingerprint density at radius 1 is 1.33 bits per heavy atom. The molecular weight excluding hydrogens is 226 g/mol. The van der Waals surface area contributed by atoms with Crippen molar-refractivity contribution in [3.63, 3.8) is 0 Å². The highest BCUT2D eigenvalue weighted by Gasteiger charge is 2.20. The minimum Gasteiger partial charge on any atom is -0.326 e. The van der Waals surface area contributed by atoms with E-state index in [-0.39, 0.29) is 0 Å². The monoisotopic (exact) mass is 245 g/mol. The number of nitrogens with zero attached hydrogens (tertiary/aromatic N) is 4. The Kier molecular flexibility index (Phi) is 2.70. The Balaban J connectivity index is 2.18. The molecule has 0 radical (unpaired) electrons. The fraction of sp³-hybridized carbons (Fsp3) is 0.538. The maximum absolute atomic E-state index is 5.86. The van der Waals surface area contributed by atoms with Gasteiger partial charge in [0.2, 0.25) is 0 Å². The summed E-state index contributed by atoms with van der Waals surface area (Å²) in [5.74, 6) is 1.07. The van der Waals surface area contributed by atoms with E-state index in [4.69, 9.17) is 5.73 Å². The summed E-state index contributed by atoms with van der Waals surface area (Å²) in [5.41, 5.74) is 10.6. The molecule has 1 aliphatic carbocycles. The van der Waals surface area contributed by atoms with Crippen LogP contribution in [0.5, 0.6) is 0 Å². The van der Waals surface area contributed by atoms with Crippen LogP contribution < -0.4 is 5.73 Å². The summed E-state index contributed by atoms with van der Waals surface area (Å²) in [6.45, 7) is 2.52. The van der Waals surface area contributed by atoms with Gasteiger partial charge in [-0.05, 0) is 32.6 Å². The Morgan fingerprint density at radius 2 is 2.11 bits per heavy atom. The molecule has 2 aromatic rings. The predicted octanol–water partition coefficient (Wildman–Crippen LogP) is 1.25. The van der Waals surface area contributed by atoms with Gasteiger partial charge in [-0.25, -0.2) is 4.98 Å². The molecule has 0 aromatic carbocycles. The van der Waals surface area contributed by atoms with E-state index >= 15 is 0 Å². The van der Waals surface area contributed by atoms with Gasteiger partial charge in [0.15, 0.2) is 0 Å². The van der Waals surface area contributed by atoms with Gasteiger partial charge in [-0.15, -0.1) is 0 Å². The van der Waals surface area contributed by atoms with Gasteiger partial charge in [-0.1, -0.05) is 0 Å². The molecule has 0 unspecified atom stereocenters. The third-order valence-corrected chi connectivity index (χ3v) is 3.78. The van der Waals surface area contributed by atoms with E-state index in [0.717, 1.165) is 29.9 Å². The molecule has 0 amide bonds. The molecule has 3 rings (SSSR count). The number of fused-ring (bicyclic) bond motifs is 1. The number of nitrogens with two attached hydrogens (primary N) is 1. The van der Waals surface area contributed by atoms with Crippen molar-refractivity contribution in [2.75, 3.05) is 0 Å². The van der Waals surface area contributed by atoms with Crippen LogP contribution in [0.15, 0.2) is 6.33 Å². The van der Waals surface area contributed by atoms with Crippen molar-refractivity contribution in [1.29, 1.82) is 0 Å². The van der Waals surface area contributed by atoms with Gasteiger partial charge < -0.3 is 5.73 Å². The first-order valence-electron chi connectivity index (χ1n) is 6.50. The molecule has 0 atom stereocenters. The van der Waals surface area contributed by atoms with Crippen molar-refractivity contribution >= 4 is 0 Å². The lowest BCUT2D eigenvalue weighted by molar-refractivity contribution is 0.642. The topological polar surface area (TPSA) is 61.7 Å². The van der Waals surface area contributed by atoms with Crippen molar-refractivity contribution in [3.8, 4) is 5.82 Å². The molecule has 0 bridgehead atoms. The SMILES string of the molecule is Cc1nn(C)c(-n2cnc3c2CCCC3)c1CN. The van der Waals surface area contributed by atoms with Crippen molar-refractivity contribution in [2.24, 2.45) is 12.8 Å². The highest BCUT2D eigenvalue weighted by atomic mass is 15.3. The standard InChI is InChI=1S/C13H19N5/c1-9-10(7-14)13(17(2)16-9)18-8-15-11-5-3-4-6-12(11)18/h8H,3-7,14H2,1-2H3. The number of aryl methyl sites for hydroxylation is 3. The van der Waals surface area contributed by atoms with Gasteiger partial charge in [0.1, 0.15) is 12.1 Å². The van der Waals surface area contributed by atoms with Gasteiger partial charge in [0.25, 0.3) is 0 Å². The zero-order valence-corrected chi connectivity index (χ0v) is 11.0. The Labute approximate surface area is 107 Å². The molecule has 0 saturated carbocycles. The molecule has 1 aliphatic rings. The summed E-state index contributed by atoms with van der Waals surface area (Å²) in [6.07, 6.45) is 6.61. The zero-order valence-electron chi connectivity index (χ0n) is 11.0. The predicted molar refractivity (Wildman–Crippen MR) is 69.6 cm³/mol. The molecule has 2 N–H and O–H groups in total. The van der Waals surface area contributed by atoms with E-state index in [1.807, 2.05) is 25.0 Å². The highest BCUT2D eigenvalue weighted by Crippen LogP contribution is 2.25. The molecular formula is C13H19N5. The van der Waals surface area contributed by atoms with Crippen LogP contribution in [-0.2, 0) is 26.4 Å². The average Bonchev–Trinajstić information content (AvgIpc) is 2.89. The summed E-state index contributed by atoms with van der Waals surface area (Å²) in [4.78, 5) is 4.54. The molecule has 2 heterocycles. The summed E-state index contributed by atoms with van der Waals surface area (Å²) in [5, 5.41) is 4.47. The largest absolute Gasteiger partial charge is 0.326 e. The summed E-state index contributed by atoms with van der Waals surface area (Å²) in [7, 11) is 1.97. The minimum atomic E-state index is 0.516. The van der Waals surface area contributed by atoms with Crippen LogP contribution >= 0.6 is 0 Å². The van der Waals surface area contributed by atoms with Crippen molar-refractivity contribution < 1.29 is 0 Å². The summed E-state index contributed by atoms with van der Waals surface area (Å²) >= 11 is 0. The van der Waals surface area contributed by atoms with Gasteiger partial charge in [-0.2, -0.15) is 5.10 Å². The molecule has 0 aliphatic heterocycles. The van der Waals surface area contributed by atoms with E-state index < -0.39 is 0 Å². The lowest BCUT2D eigenvalue weighted by Crippen LogP contribution is -2.12. The van der Waals surface area contributed by atoms with Crippen molar-refractivity contribution in [2.45, 2.75) is 39.2 Å². The minimum absolute atomic E-state index is 0.516. The van der Waals surface area contributed by atoms with E-state index in [2.05, 4.69) is 14.6 Å². The van der Waals surface area contributed by atoms with Crippen molar-refractivity contribution in [3.05, 3.63) is 29.0 Å². The van der Waals surface area contributed by atoms with Crippen LogP contribution in [0, 0.1) is 6.92 Å². The van der Waals surface area contributed by atoms with Crippen LogP contribution in [0.4, 0.5) is 0 Å². The number of imidazole rings is 1. The third-order valence-electron chi connectivity index (χ3n) is 3.78. The third kappa shape index (κ3) is 1.58. The van der Waals surface area contributed by atoms with E-state index in [1.165, 1.54) is 24.2 Å². The lowest BCUT2D eigenvalue weighted by Gasteiger charge is -2.15. The van der Waals surface area contributed by atoms with Crippen LogP contribution in [0.3, 0.4) is 0 Å². The van der Waals surface area contributed by atoms with E-state index in [1.54, 1.807) is 0 Å². The Hall–Kier alpha value is -1.62. The maximum atomic E-state index is 5.86. The first-order valence-corrected chi connectivity index (χ1v) is 6.50. The lowest BCUT2D eigenvalue weighted by atomic mass is 10.0. The maximum Gasteiger partial charge on any atom is 0.140 e. The average molecular weight is 245 g/mol. The quantitative estimate of drug-likeness (QED) is 0.866. The highest BCUT2D eigenvalue weighted by molar-refractivity contribution is 5.40. The second-order valence-electron chi connectivity index (χ2n) is 4.93. The fourth-order valence-electron chi connectivity index (χ4n) is 2.88. The van der Waals surface area contributed by atoms with Gasteiger partial charge in [-0.3, -0.25) is 9.25 Å². The van der Waals surface area contributed by atoms with Crippen molar-refractivity contribution in [1.82, 2.24) is 19.3 Å². The Morgan fingerprint density at radius 3 is 2.89 bits per heavy atom. The number of rotatable bonds is 2. The van der Waals surface area contributed by atoms with E-state index in [9.17, 15) is 0 Å². The second kappa shape index (κ2) is 4.24. The summed E-state index contributed by atoms with van der Waals surface area (Å²) in [6, 6.07) is 0. The Bertz CT molecular complexity index is 578. The molecule has 2 aromatic heterocycles. The molecule has 0 saturated heterocycles. The second-order valence-corrected chi connectivity index (χ2v) is 4.93. The molecule has 18 heavy (non-hydrogen) atoms. The van der Waals surface area contributed by atoms with Crippen LogP contribution in [0.25, 0.3) is 5.82 Å². The first-order chi connectivity index (χ1) is 8.72. The number of hydrogen-bond acceptors (Lipinski definition) is 3. The van der Waals surface area contributed by atoms with Gasteiger partial charge >= 0.3 is 0 Å². The van der Waals surface area contributed by atoms with E-state index in [0.29, 0.717) is 6.54 Å². The van der Waals surface area contributed by atoms with Gasteiger partial charge in [0.05, 0.1) is 11.4 Å². The smallest absolute Gasteiger partial charge is 0.140 e. The van der Waals surface area contributed by atoms with Crippen LogP contribution in [-0.4, -0.2) is 19.3 Å². The number of hydrogen-bond donors (Lipinski definition) is 1. The van der Waals surface area contributed by atoms with Crippen LogP contribution in [0.1, 0.15) is 35.5 Å². The number of aromatic nitrogens is 4. The molecule has 0 fully saturated rings. The molecule has 96 valence electrons.